The minimum Gasteiger partial charge on any atom is -0.454 e. The van der Waals surface area contributed by atoms with Gasteiger partial charge < -0.3 is 9.47 Å². The van der Waals surface area contributed by atoms with Gasteiger partial charge >= 0.3 is 0 Å². The summed E-state index contributed by atoms with van der Waals surface area (Å²) in [5.74, 6) is 0.216. The van der Waals surface area contributed by atoms with E-state index in [0.717, 1.165) is 0 Å². The highest BCUT2D eigenvalue weighted by Crippen LogP contribution is 2.36. The van der Waals surface area contributed by atoms with Crippen LogP contribution in [0.5, 0.6) is 11.5 Å². The first-order valence-corrected chi connectivity index (χ1v) is 9.12. The van der Waals surface area contributed by atoms with Crippen LogP contribution < -0.4 is 9.47 Å². The number of benzene rings is 2. The van der Waals surface area contributed by atoms with Crippen molar-refractivity contribution in [1.82, 2.24) is 4.98 Å². The lowest BCUT2D eigenvalue weighted by Crippen LogP contribution is -2.17. The van der Waals surface area contributed by atoms with Gasteiger partial charge in [0.05, 0.1) is 5.92 Å². The third-order valence-electron chi connectivity index (χ3n) is 4.62. The van der Waals surface area contributed by atoms with Crippen molar-refractivity contribution in [2.45, 2.75) is 12.3 Å². The number of fused-ring (bicyclic) bond motifs is 1. The summed E-state index contributed by atoms with van der Waals surface area (Å²) in [6, 6.07) is 15.4. The van der Waals surface area contributed by atoms with Crippen molar-refractivity contribution in [3.05, 3.63) is 88.7 Å². The fourth-order valence-corrected chi connectivity index (χ4v) is 3.27. The van der Waals surface area contributed by atoms with E-state index >= 15 is 0 Å². The van der Waals surface area contributed by atoms with Crippen molar-refractivity contribution >= 4 is 23.2 Å². The molecule has 1 aliphatic heterocycles. The van der Waals surface area contributed by atoms with Crippen LogP contribution in [0.1, 0.15) is 38.6 Å². The average molecular weight is 394 g/mol. The predicted molar refractivity (Wildman–Crippen MR) is 104 cm³/mol. The Balaban J connectivity index is 1.68. The lowest BCUT2D eigenvalue weighted by molar-refractivity contribution is 0.0893. The standard InChI is InChI=1S/C22H16ClNO4/c23-17-6-3-14(4-7-17)19(25)11-18(22(26)16-2-1-9-24-12-16)15-5-8-20-21(10-15)28-13-27-20/h1-10,12,18H,11,13H2. The molecule has 0 N–H and O–H groups in total. The summed E-state index contributed by atoms with van der Waals surface area (Å²) >= 11 is 5.90. The van der Waals surface area contributed by atoms with E-state index in [4.69, 9.17) is 21.1 Å². The predicted octanol–water partition coefficient (Wildman–Crippen LogP) is 4.70. The molecule has 0 spiro atoms. The molecular formula is C22H16ClNO4. The Morgan fingerprint density at radius 1 is 1.00 bits per heavy atom. The molecule has 0 aliphatic carbocycles. The number of hydrogen-bond donors (Lipinski definition) is 0. The summed E-state index contributed by atoms with van der Waals surface area (Å²) in [5.41, 5.74) is 1.66. The number of ether oxygens (including phenoxy) is 2. The van der Waals surface area contributed by atoms with Crippen LogP contribution in [-0.4, -0.2) is 23.3 Å². The monoisotopic (exact) mass is 393 g/mol. The molecule has 4 rings (SSSR count). The van der Waals surface area contributed by atoms with Gasteiger partial charge in [-0.25, -0.2) is 0 Å². The van der Waals surface area contributed by atoms with Crippen LogP contribution in [0, 0.1) is 0 Å². The second-order valence-electron chi connectivity index (χ2n) is 6.41. The number of ketones is 2. The molecule has 3 aromatic rings. The molecule has 6 heteroatoms. The van der Waals surface area contributed by atoms with Crippen molar-refractivity contribution in [2.24, 2.45) is 0 Å². The van der Waals surface area contributed by atoms with Gasteiger partial charge in [0.2, 0.25) is 6.79 Å². The second kappa shape index (κ2) is 7.82. The van der Waals surface area contributed by atoms with Crippen LogP contribution >= 0.6 is 11.6 Å². The number of nitrogens with zero attached hydrogens (tertiary/aromatic N) is 1. The van der Waals surface area contributed by atoms with Gasteiger partial charge in [0.25, 0.3) is 0 Å². The summed E-state index contributed by atoms with van der Waals surface area (Å²) < 4.78 is 10.8. The SMILES string of the molecule is O=C(CC(C(=O)c1cccnc1)c1ccc2c(c1)OCO2)c1ccc(Cl)cc1. The van der Waals surface area contributed by atoms with Crippen molar-refractivity contribution in [1.29, 1.82) is 0 Å². The first-order valence-electron chi connectivity index (χ1n) is 8.74. The van der Waals surface area contributed by atoms with E-state index in [1.165, 1.54) is 6.20 Å². The van der Waals surface area contributed by atoms with Gasteiger partial charge in [0.1, 0.15) is 0 Å². The van der Waals surface area contributed by atoms with E-state index in [2.05, 4.69) is 4.98 Å². The quantitative estimate of drug-likeness (QED) is 0.568. The molecule has 1 unspecified atom stereocenters. The number of aromatic nitrogens is 1. The van der Waals surface area contributed by atoms with Crippen LogP contribution in [0.25, 0.3) is 0 Å². The highest BCUT2D eigenvalue weighted by Gasteiger charge is 2.27. The van der Waals surface area contributed by atoms with Gasteiger partial charge in [-0.15, -0.1) is 0 Å². The molecule has 1 aromatic heterocycles. The molecular weight excluding hydrogens is 378 g/mol. The number of carbonyl (C=O) groups excluding carboxylic acids is 2. The zero-order chi connectivity index (χ0) is 19.5. The molecule has 2 heterocycles. The van der Waals surface area contributed by atoms with Crippen molar-refractivity contribution < 1.29 is 19.1 Å². The zero-order valence-corrected chi connectivity index (χ0v) is 15.6. The Bertz CT molecular complexity index is 1020. The summed E-state index contributed by atoms with van der Waals surface area (Å²) in [6.45, 7) is 0.143. The van der Waals surface area contributed by atoms with Gasteiger partial charge in [-0.2, -0.15) is 0 Å². The summed E-state index contributed by atoms with van der Waals surface area (Å²) in [4.78, 5) is 30.0. The van der Waals surface area contributed by atoms with Crippen molar-refractivity contribution in [2.75, 3.05) is 6.79 Å². The van der Waals surface area contributed by atoms with Crippen LogP contribution in [0.4, 0.5) is 0 Å². The van der Waals surface area contributed by atoms with Gasteiger partial charge in [-0.3, -0.25) is 14.6 Å². The van der Waals surface area contributed by atoms with Crippen LogP contribution in [0.3, 0.4) is 0 Å². The Morgan fingerprint density at radius 2 is 1.79 bits per heavy atom. The largest absolute Gasteiger partial charge is 0.454 e. The molecule has 0 amide bonds. The molecule has 0 saturated carbocycles. The minimum atomic E-state index is -0.665. The van der Waals surface area contributed by atoms with E-state index in [9.17, 15) is 9.59 Å². The fraction of sp³-hybridized carbons (Fsp3) is 0.136. The summed E-state index contributed by atoms with van der Waals surface area (Å²) in [7, 11) is 0. The highest BCUT2D eigenvalue weighted by atomic mass is 35.5. The Kier molecular flexibility index (Phi) is 5.08. The first kappa shape index (κ1) is 18.2. The lowest BCUT2D eigenvalue weighted by atomic mass is 9.85. The normalized spacial score (nSPS) is 13.2. The number of pyridine rings is 1. The van der Waals surface area contributed by atoms with Crippen LogP contribution in [0.2, 0.25) is 5.02 Å². The number of rotatable bonds is 6. The number of hydrogen-bond acceptors (Lipinski definition) is 5. The van der Waals surface area contributed by atoms with E-state index < -0.39 is 5.92 Å². The average Bonchev–Trinajstić information content (AvgIpc) is 3.20. The van der Waals surface area contributed by atoms with E-state index in [0.29, 0.717) is 33.2 Å². The van der Waals surface area contributed by atoms with Crippen LogP contribution in [-0.2, 0) is 0 Å². The Morgan fingerprint density at radius 3 is 2.54 bits per heavy atom. The number of Topliss-reactive ketones (excluding diaryl/α,β-unsaturated/α-hetero) is 2. The topological polar surface area (TPSA) is 65.5 Å². The third kappa shape index (κ3) is 3.75. The second-order valence-corrected chi connectivity index (χ2v) is 6.84. The van der Waals surface area contributed by atoms with E-state index in [1.807, 2.05) is 0 Å². The maximum absolute atomic E-state index is 13.2. The molecule has 0 fully saturated rings. The molecule has 140 valence electrons. The smallest absolute Gasteiger partial charge is 0.231 e. The molecule has 0 saturated heterocycles. The summed E-state index contributed by atoms with van der Waals surface area (Å²) in [5, 5.41) is 0.551. The molecule has 1 aliphatic rings. The Labute approximate surface area is 166 Å². The van der Waals surface area contributed by atoms with Gasteiger partial charge in [0.15, 0.2) is 23.1 Å². The molecule has 0 bridgehead atoms. The van der Waals surface area contributed by atoms with Gasteiger partial charge in [-0.1, -0.05) is 17.7 Å². The molecule has 0 radical (unpaired) electrons. The van der Waals surface area contributed by atoms with Crippen LogP contribution in [0.15, 0.2) is 67.0 Å². The molecule has 5 nitrogen and oxygen atoms in total. The fourth-order valence-electron chi connectivity index (χ4n) is 3.14. The van der Waals surface area contributed by atoms with Gasteiger partial charge in [0, 0.05) is 35.0 Å². The third-order valence-corrected chi connectivity index (χ3v) is 4.87. The van der Waals surface area contributed by atoms with Crippen molar-refractivity contribution in [3.8, 4) is 11.5 Å². The van der Waals surface area contributed by atoms with E-state index in [1.54, 1.807) is 60.8 Å². The molecule has 1 atom stereocenters. The maximum Gasteiger partial charge on any atom is 0.231 e. The number of halogens is 1. The van der Waals surface area contributed by atoms with Crippen molar-refractivity contribution in [3.63, 3.8) is 0 Å². The molecule has 2 aromatic carbocycles. The lowest BCUT2D eigenvalue weighted by Gasteiger charge is -2.16. The maximum atomic E-state index is 13.2. The minimum absolute atomic E-state index is 0.0228. The highest BCUT2D eigenvalue weighted by molar-refractivity contribution is 6.30. The Hall–Kier alpha value is -3.18. The molecule has 28 heavy (non-hydrogen) atoms. The van der Waals surface area contributed by atoms with E-state index in [-0.39, 0.29) is 24.8 Å². The van der Waals surface area contributed by atoms with Gasteiger partial charge in [-0.05, 0) is 54.1 Å². The zero-order valence-electron chi connectivity index (χ0n) is 14.8. The summed E-state index contributed by atoms with van der Waals surface area (Å²) in [6.07, 6.45) is 3.13. The number of carbonyl (C=O) groups is 2. The first-order chi connectivity index (χ1) is 13.6.